The van der Waals surface area contributed by atoms with Crippen molar-refractivity contribution in [3.63, 3.8) is 0 Å². The van der Waals surface area contributed by atoms with Crippen molar-refractivity contribution in [2.75, 3.05) is 12.4 Å². The number of aliphatic hydroxyl groups is 1. The lowest BCUT2D eigenvalue weighted by Crippen LogP contribution is -2.20. The van der Waals surface area contributed by atoms with Gasteiger partial charge in [0.15, 0.2) is 4.34 Å². The third-order valence-corrected chi connectivity index (χ3v) is 4.46. The molecule has 0 radical (unpaired) electrons. The van der Waals surface area contributed by atoms with E-state index in [1.165, 1.54) is 23.1 Å². The molecule has 6 heteroatoms. The number of aryl methyl sites for hydroxylation is 2. The molecule has 0 saturated heterocycles. The number of thioether (sulfide) groups is 1. The molecule has 1 aromatic heterocycles. The number of aromatic nitrogens is 2. The number of nitrogens with zero attached hydrogens (tertiary/aromatic N) is 2. The Kier molecular flexibility index (Phi) is 5.18. The molecule has 0 aliphatic carbocycles. The summed E-state index contributed by atoms with van der Waals surface area (Å²) in [5.74, 6) is 1.34. The number of ether oxygens (including phenoxy) is 1. The van der Waals surface area contributed by atoms with Crippen molar-refractivity contribution in [3.8, 4) is 5.75 Å². The maximum absolute atomic E-state index is 9.86. The SMILES string of the molecule is Cc1cccc(OCC(O)CSc2nnc(C)s2)c1. The Bertz CT molecular complexity index is 531. The van der Waals surface area contributed by atoms with Crippen LogP contribution in [0.5, 0.6) is 5.75 Å². The summed E-state index contributed by atoms with van der Waals surface area (Å²) in [5, 5.41) is 18.7. The first-order valence-electron chi connectivity index (χ1n) is 5.94. The number of hydrogen-bond donors (Lipinski definition) is 1. The van der Waals surface area contributed by atoms with Crippen LogP contribution in [0.1, 0.15) is 10.6 Å². The van der Waals surface area contributed by atoms with Crippen LogP contribution >= 0.6 is 23.1 Å². The van der Waals surface area contributed by atoms with E-state index in [-0.39, 0.29) is 6.61 Å². The zero-order chi connectivity index (χ0) is 13.7. The highest BCUT2D eigenvalue weighted by molar-refractivity contribution is 8.01. The van der Waals surface area contributed by atoms with Gasteiger partial charge in [-0.2, -0.15) is 0 Å². The Morgan fingerprint density at radius 2 is 2.21 bits per heavy atom. The molecule has 19 heavy (non-hydrogen) atoms. The van der Waals surface area contributed by atoms with Gasteiger partial charge in [0.1, 0.15) is 17.4 Å². The van der Waals surface area contributed by atoms with Crippen molar-refractivity contribution in [2.24, 2.45) is 0 Å². The zero-order valence-corrected chi connectivity index (χ0v) is 12.5. The summed E-state index contributed by atoms with van der Waals surface area (Å²) >= 11 is 3.04. The second-order valence-electron chi connectivity index (χ2n) is 4.18. The molecule has 0 amide bonds. The van der Waals surface area contributed by atoms with Crippen molar-refractivity contribution < 1.29 is 9.84 Å². The van der Waals surface area contributed by atoms with Gasteiger partial charge in [0.05, 0.1) is 6.10 Å². The Labute approximate surface area is 120 Å². The van der Waals surface area contributed by atoms with Crippen LogP contribution in [0.2, 0.25) is 0 Å². The minimum atomic E-state index is -0.519. The molecule has 1 atom stereocenters. The Hall–Kier alpha value is -1.11. The van der Waals surface area contributed by atoms with Gasteiger partial charge in [-0.15, -0.1) is 10.2 Å². The van der Waals surface area contributed by atoms with Crippen LogP contribution in [-0.4, -0.2) is 33.8 Å². The third-order valence-electron chi connectivity index (χ3n) is 2.34. The molecule has 1 aromatic carbocycles. The number of hydrogen-bond acceptors (Lipinski definition) is 6. The Balaban J connectivity index is 1.74. The van der Waals surface area contributed by atoms with Gasteiger partial charge in [-0.25, -0.2) is 0 Å². The van der Waals surface area contributed by atoms with E-state index in [2.05, 4.69) is 10.2 Å². The van der Waals surface area contributed by atoms with E-state index in [1.54, 1.807) is 0 Å². The standard InChI is InChI=1S/C13H16N2O2S2/c1-9-4-3-5-12(6-9)17-7-11(16)8-18-13-15-14-10(2)19-13/h3-6,11,16H,7-8H2,1-2H3. The van der Waals surface area contributed by atoms with E-state index in [0.29, 0.717) is 5.75 Å². The van der Waals surface area contributed by atoms with Gasteiger partial charge >= 0.3 is 0 Å². The fourth-order valence-electron chi connectivity index (χ4n) is 1.45. The van der Waals surface area contributed by atoms with E-state index < -0.39 is 6.10 Å². The lowest BCUT2D eigenvalue weighted by Gasteiger charge is -2.11. The van der Waals surface area contributed by atoms with Crippen LogP contribution in [0.4, 0.5) is 0 Å². The van der Waals surface area contributed by atoms with Crippen molar-refractivity contribution in [1.29, 1.82) is 0 Å². The topological polar surface area (TPSA) is 55.2 Å². The molecule has 102 valence electrons. The normalized spacial score (nSPS) is 12.4. The van der Waals surface area contributed by atoms with Crippen LogP contribution in [0.15, 0.2) is 28.6 Å². The van der Waals surface area contributed by atoms with Crippen molar-refractivity contribution in [2.45, 2.75) is 24.3 Å². The summed E-state index contributed by atoms with van der Waals surface area (Å²) in [6.07, 6.45) is -0.519. The fraction of sp³-hybridized carbons (Fsp3) is 0.385. The average molecular weight is 296 g/mol. The molecule has 4 nitrogen and oxygen atoms in total. The van der Waals surface area contributed by atoms with Gasteiger partial charge in [-0.3, -0.25) is 0 Å². The van der Waals surface area contributed by atoms with Crippen LogP contribution in [0.25, 0.3) is 0 Å². The molecule has 1 unspecified atom stereocenters. The molecular weight excluding hydrogens is 280 g/mol. The van der Waals surface area contributed by atoms with Gasteiger partial charge in [-0.1, -0.05) is 35.2 Å². The Morgan fingerprint density at radius 3 is 2.89 bits per heavy atom. The summed E-state index contributed by atoms with van der Waals surface area (Å²) in [7, 11) is 0. The number of aliphatic hydroxyl groups excluding tert-OH is 1. The summed E-state index contributed by atoms with van der Waals surface area (Å²) < 4.78 is 6.43. The van der Waals surface area contributed by atoms with E-state index in [9.17, 15) is 5.11 Å². The average Bonchev–Trinajstić information content (AvgIpc) is 2.80. The zero-order valence-electron chi connectivity index (χ0n) is 10.9. The van der Waals surface area contributed by atoms with Crippen LogP contribution in [-0.2, 0) is 0 Å². The van der Waals surface area contributed by atoms with E-state index in [4.69, 9.17) is 4.74 Å². The second-order valence-corrected chi connectivity index (χ2v) is 6.63. The van der Waals surface area contributed by atoms with Gasteiger partial charge < -0.3 is 9.84 Å². The first kappa shape index (κ1) is 14.3. The van der Waals surface area contributed by atoms with E-state index in [1.807, 2.05) is 38.1 Å². The van der Waals surface area contributed by atoms with Crippen LogP contribution in [0, 0.1) is 13.8 Å². The first-order valence-corrected chi connectivity index (χ1v) is 7.74. The predicted molar refractivity (Wildman–Crippen MR) is 78.1 cm³/mol. The molecule has 0 aliphatic rings. The summed E-state index contributed by atoms with van der Waals surface area (Å²) in [6, 6.07) is 7.79. The fourth-order valence-corrected chi connectivity index (χ4v) is 3.20. The largest absolute Gasteiger partial charge is 0.491 e. The van der Waals surface area contributed by atoms with Crippen molar-refractivity contribution in [3.05, 3.63) is 34.8 Å². The highest BCUT2D eigenvalue weighted by Crippen LogP contribution is 2.22. The number of benzene rings is 1. The van der Waals surface area contributed by atoms with Crippen molar-refractivity contribution >= 4 is 23.1 Å². The van der Waals surface area contributed by atoms with E-state index in [0.717, 1.165) is 20.7 Å². The molecule has 2 rings (SSSR count). The van der Waals surface area contributed by atoms with Crippen LogP contribution < -0.4 is 4.74 Å². The minimum absolute atomic E-state index is 0.286. The minimum Gasteiger partial charge on any atom is -0.491 e. The monoisotopic (exact) mass is 296 g/mol. The van der Waals surface area contributed by atoms with Gasteiger partial charge in [0.25, 0.3) is 0 Å². The lowest BCUT2D eigenvalue weighted by molar-refractivity contribution is 0.126. The first-order chi connectivity index (χ1) is 9.13. The Morgan fingerprint density at radius 1 is 1.37 bits per heavy atom. The van der Waals surface area contributed by atoms with E-state index >= 15 is 0 Å². The molecule has 0 fully saturated rings. The maximum Gasteiger partial charge on any atom is 0.174 e. The smallest absolute Gasteiger partial charge is 0.174 e. The van der Waals surface area contributed by atoms with Gasteiger partial charge in [0, 0.05) is 5.75 Å². The molecule has 0 bridgehead atoms. The predicted octanol–water partition coefficient (Wildman–Crippen LogP) is 2.69. The second kappa shape index (κ2) is 6.88. The third kappa shape index (κ3) is 4.81. The molecular formula is C13H16N2O2S2. The number of rotatable bonds is 6. The lowest BCUT2D eigenvalue weighted by atomic mass is 10.2. The van der Waals surface area contributed by atoms with Crippen molar-refractivity contribution in [1.82, 2.24) is 10.2 Å². The molecule has 1 heterocycles. The van der Waals surface area contributed by atoms with Crippen LogP contribution in [0.3, 0.4) is 0 Å². The maximum atomic E-state index is 9.86. The molecule has 2 aromatic rings. The summed E-state index contributed by atoms with van der Waals surface area (Å²) in [6.45, 7) is 4.21. The highest BCUT2D eigenvalue weighted by Gasteiger charge is 2.09. The van der Waals surface area contributed by atoms with Gasteiger partial charge in [0.2, 0.25) is 0 Å². The summed E-state index contributed by atoms with van der Waals surface area (Å²) in [4.78, 5) is 0. The molecule has 0 aliphatic heterocycles. The summed E-state index contributed by atoms with van der Waals surface area (Å²) in [5.41, 5.74) is 1.14. The molecule has 0 spiro atoms. The van der Waals surface area contributed by atoms with Gasteiger partial charge in [-0.05, 0) is 31.5 Å². The quantitative estimate of drug-likeness (QED) is 0.831. The highest BCUT2D eigenvalue weighted by atomic mass is 32.2. The molecule has 0 saturated carbocycles. The molecule has 1 N–H and O–H groups in total.